The minimum absolute atomic E-state index is 0.0923. The number of nitriles is 1. The number of amides is 1. The van der Waals surface area contributed by atoms with Gasteiger partial charge in [-0.1, -0.05) is 17.7 Å². The predicted octanol–water partition coefficient (Wildman–Crippen LogP) is 1.58. The molecule has 0 spiro atoms. The predicted molar refractivity (Wildman–Crippen MR) is 64.7 cm³/mol. The third-order valence-electron chi connectivity index (χ3n) is 2.39. The monoisotopic (exact) mass is 232 g/mol. The van der Waals surface area contributed by atoms with E-state index in [9.17, 15) is 4.79 Å². The van der Waals surface area contributed by atoms with Gasteiger partial charge < -0.3 is 10.1 Å². The minimum Gasteiger partial charge on any atom is -0.496 e. The number of hydrogen-bond donors (Lipinski definition) is 1. The van der Waals surface area contributed by atoms with Gasteiger partial charge in [0, 0.05) is 6.54 Å². The Kier molecular flexibility index (Phi) is 5.02. The molecule has 0 radical (unpaired) electrons. The van der Waals surface area contributed by atoms with E-state index in [4.69, 9.17) is 10.00 Å². The highest BCUT2D eigenvalue weighted by molar-refractivity contribution is 5.77. The molecule has 0 aliphatic carbocycles. The summed E-state index contributed by atoms with van der Waals surface area (Å²) in [6.45, 7) is 2.53. The smallest absolute Gasteiger partial charge is 0.234 e. The lowest BCUT2D eigenvalue weighted by molar-refractivity contribution is -0.120. The van der Waals surface area contributed by atoms with Gasteiger partial charge in [-0.2, -0.15) is 5.26 Å². The zero-order valence-electron chi connectivity index (χ0n) is 10.1. The Balaban J connectivity index is 2.54. The number of carbonyl (C=O) groups is 1. The first-order chi connectivity index (χ1) is 8.17. The van der Waals surface area contributed by atoms with Crippen LogP contribution in [-0.2, 0) is 11.2 Å². The van der Waals surface area contributed by atoms with Gasteiger partial charge in [0.15, 0.2) is 0 Å². The summed E-state index contributed by atoms with van der Waals surface area (Å²) in [5, 5.41) is 11.0. The van der Waals surface area contributed by atoms with Crippen LogP contribution in [0.25, 0.3) is 0 Å². The lowest BCUT2D eigenvalue weighted by Gasteiger charge is -2.09. The van der Waals surface area contributed by atoms with Crippen molar-refractivity contribution in [3.63, 3.8) is 0 Å². The molecule has 90 valence electrons. The Morgan fingerprint density at radius 2 is 2.29 bits per heavy atom. The number of ether oxygens (including phenoxy) is 1. The molecule has 1 N–H and O–H groups in total. The number of aryl methyl sites for hydroxylation is 1. The number of methoxy groups -OCH3 is 1. The maximum Gasteiger partial charge on any atom is 0.234 e. The molecule has 0 heterocycles. The van der Waals surface area contributed by atoms with Crippen molar-refractivity contribution in [2.75, 3.05) is 13.7 Å². The molecule has 0 aliphatic heterocycles. The second kappa shape index (κ2) is 6.54. The molecule has 0 aromatic heterocycles. The van der Waals surface area contributed by atoms with Gasteiger partial charge in [-0.25, -0.2) is 0 Å². The van der Waals surface area contributed by atoms with Gasteiger partial charge in [0.05, 0.1) is 13.2 Å². The summed E-state index contributed by atoms with van der Waals surface area (Å²) in [6, 6.07) is 7.75. The Morgan fingerprint density at radius 3 is 2.94 bits per heavy atom. The minimum atomic E-state index is -0.237. The van der Waals surface area contributed by atoms with Crippen LogP contribution in [0.2, 0.25) is 0 Å². The zero-order chi connectivity index (χ0) is 12.7. The lowest BCUT2D eigenvalue weighted by Crippen LogP contribution is -2.25. The fourth-order valence-corrected chi connectivity index (χ4v) is 1.57. The summed E-state index contributed by atoms with van der Waals surface area (Å²) in [6.07, 6.45) is 0.604. The van der Waals surface area contributed by atoms with E-state index in [0.717, 1.165) is 16.9 Å². The maximum atomic E-state index is 11.1. The number of nitrogens with one attached hydrogen (secondary N) is 1. The maximum absolute atomic E-state index is 11.1. The summed E-state index contributed by atoms with van der Waals surface area (Å²) in [5.41, 5.74) is 2.22. The first kappa shape index (κ1) is 13.0. The van der Waals surface area contributed by atoms with E-state index in [1.807, 2.05) is 31.2 Å². The molecule has 0 unspecified atom stereocenters. The van der Waals surface area contributed by atoms with Crippen LogP contribution in [0.3, 0.4) is 0 Å². The Morgan fingerprint density at radius 1 is 1.53 bits per heavy atom. The normalized spacial score (nSPS) is 9.47. The van der Waals surface area contributed by atoms with Crippen molar-refractivity contribution in [2.45, 2.75) is 19.8 Å². The summed E-state index contributed by atoms with van der Waals surface area (Å²) in [5.74, 6) is 0.587. The summed E-state index contributed by atoms with van der Waals surface area (Å²) >= 11 is 0. The van der Waals surface area contributed by atoms with Crippen LogP contribution < -0.4 is 10.1 Å². The summed E-state index contributed by atoms with van der Waals surface area (Å²) < 4.78 is 5.24. The zero-order valence-corrected chi connectivity index (χ0v) is 10.1. The van der Waals surface area contributed by atoms with E-state index >= 15 is 0 Å². The topological polar surface area (TPSA) is 62.1 Å². The highest BCUT2D eigenvalue weighted by atomic mass is 16.5. The van der Waals surface area contributed by atoms with E-state index in [-0.39, 0.29) is 12.3 Å². The number of carbonyl (C=O) groups excluding carboxylic acids is 1. The van der Waals surface area contributed by atoms with Crippen LogP contribution in [0.4, 0.5) is 0 Å². The van der Waals surface area contributed by atoms with Gasteiger partial charge in [0.1, 0.15) is 12.2 Å². The Hall–Kier alpha value is -2.02. The Labute approximate surface area is 101 Å². The third kappa shape index (κ3) is 4.15. The molecule has 4 heteroatoms. The molecule has 0 saturated carbocycles. The number of hydrogen-bond acceptors (Lipinski definition) is 3. The van der Waals surface area contributed by atoms with Crippen LogP contribution in [0.5, 0.6) is 5.75 Å². The Bertz CT molecular complexity index is 436. The average Bonchev–Trinajstić information content (AvgIpc) is 2.30. The van der Waals surface area contributed by atoms with E-state index in [0.29, 0.717) is 13.0 Å². The highest BCUT2D eigenvalue weighted by Gasteiger charge is 2.04. The van der Waals surface area contributed by atoms with E-state index in [2.05, 4.69) is 5.32 Å². The second-order valence-electron chi connectivity index (χ2n) is 3.75. The van der Waals surface area contributed by atoms with E-state index < -0.39 is 0 Å². The van der Waals surface area contributed by atoms with E-state index in [1.54, 1.807) is 7.11 Å². The molecule has 0 saturated heterocycles. The SMILES string of the molecule is COc1ccc(C)cc1CCNC(=O)CC#N. The third-order valence-corrected chi connectivity index (χ3v) is 2.39. The fraction of sp³-hybridized carbons (Fsp3) is 0.385. The number of rotatable bonds is 5. The largest absolute Gasteiger partial charge is 0.496 e. The van der Waals surface area contributed by atoms with E-state index in [1.165, 1.54) is 0 Å². The molecular weight excluding hydrogens is 216 g/mol. The van der Waals surface area contributed by atoms with Crippen molar-refractivity contribution in [3.05, 3.63) is 29.3 Å². The first-order valence-corrected chi connectivity index (χ1v) is 5.44. The molecule has 0 aliphatic rings. The lowest BCUT2D eigenvalue weighted by atomic mass is 10.1. The van der Waals surface area contributed by atoms with Gasteiger partial charge in [-0.05, 0) is 25.0 Å². The van der Waals surface area contributed by atoms with Crippen molar-refractivity contribution in [1.29, 1.82) is 5.26 Å². The molecule has 0 bridgehead atoms. The van der Waals surface area contributed by atoms with Gasteiger partial charge in [-0.3, -0.25) is 4.79 Å². The molecule has 1 amide bonds. The number of nitrogens with zero attached hydrogens (tertiary/aromatic N) is 1. The van der Waals surface area contributed by atoms with Crippen molar-refractivity contribution in [2.24, 2.45) is 0 Å². The first-order valence-electron chi connectivity index (χ1n) is 5.44. The molecule has 0 fully saturated rings. The molecule has 1 aromatic carbocycles. The van der Waals surface area contributed by atoms with Gasteiger partial charge in [0.2, 0.25) is 5.91 Å². The van der Waals surface area contributed by atoms with Gasteiger partial charge >= 0.3 is 0 Å². The summed E-state index contributed by atoms with van der Waals surface area (Å²) in [4.78, 5) is 11.1. The van der Waals surface area contributed by atoms with Gasteiger partial charge in [0.25, 0.3) is 0 Å². The van der Waals surface area contributed by atoms with Gasteiger partial charge in [-0.15, -0.1) is 0 Å². The van der Waals surface area contributed by atoms with Crippen LogP contribution in [0.1, 0.15) is 17.5 Å². The molecule has 1 rings (SSSR count). The van der Waals surface area contributed by atoms with Crippen LogP contribution >= 0.6 is 0 Å². The summed E-state index contributed by atoms with van der Waals surface area (Å²) in [7, 11) is 1.63. The van der Waals surface area contributed by atoms with Crippen molar-refractivity contribution < 1.29 is 9.53 Å². The number of benzene rings is 1. The molecule has 4 nitrogen and oxygen atoms in total. The van der Waals surface area contributed by atoms with Crippen LogP contribution in [0.15, 0.2) is 18.2 Å². The van der Waals surface area contributed by atoms with Crippen molar-refractivity contribution >= 4 is 5.91 Å². The molecule has 1 aromatic rings. The highest BCUT2D eigenvalue weighted by Crippen LogP contribution is 2.19. The van der Waals surface area contributed by atoms with Crippen molar-refractivity contribution in [1.82, 2.24) is 5.32 Å². The second-order valence-corrected chi connectivity index (χ2v) is 3.75. The molecule has 0 atom stereocenters. The molecular formula is C13H16N2O2. The van der Waals surface area contributed by atoms with Crippen molar-refractivity contribution in [3.8, 4) is 11.8 Å². The molecule has 17 heavy (non-hydrogen) atoms. The fourth-order valence-electron chi connectivity index (χ4n) is 1.57. The standard InChI is InChI=1S/C13H16N2O2/c1-10-3-4-12(17-2)11(9-10)6-8-15-13(16)5-7-14/h3-4,9H,5-6,8H2,1-2H3,(H,15,16). The quantitative estimate of drug-likeness (QED) is 0.838. The van der Waals surface area contributed by atoms with Crippen LogP contribution in [0, 0.1) is 18.3 Å². The van der Waals surface area contributed by atoms with Crippen LogP contribution in [-0.4, -0.2) is 19.6 Å². The average molecular weight is 232 g/mol.